The number of hydrogen-bond donors (Lipinski definition) is 1. The molecule has 0 aromatic heterocycles. The molecule has 0 fully saturated rings. The van der Waals surface area contributed by atoms with Gasteiger partial charge in [-0.1, -0.05) is 24.3 Å². The Kier molecular flexibility index (Phi) is 7.26. The van der Waals surface area contributed by atoms with Crippen LogP contribution in [-0.2, 0) is 4.74 Å². The minimum absolute atomic E-state index is 0.324. The molecule has 0 aliphatic carbocycles. The molecule has 1 aromatic carbocycles. The summed E-state index contributed by atoms with van der Waals surface area (Å²) < 4.78 is 59.1. The van der Waals surface area contributed by atoms with E-state index in [2.05, 4.69) is 10.1 Å². The fraction of sp³-hybridized carbons (Fsp3) is 0.471. The molecule has 4 nitrogen and oxygen atoms in total. The van der Waals surface area contributed by atoms with Crippen molar-refractivity contribution in [3.63, 3.8) is 0 Å². The molecular formula is C17H21F4NO3. The number of benzene rings is 1. The van der Waals surface area contributed by atoms with E-state index in [-0.39, 0.29) is 5.75 Å². The van der Waals surface area contributed by atoms with E-state index in [1.54, 1.807) is 39.0 Å². The van der Waals surface area contributed by atoms with Crippen molar-refractivity contribution < 1.29 is 31.8 Å². The summed E-state index contributed by atoms with van der Waals surface area (Å²) in [5, 5.41) is 2.56. The first kappa shape index (κ1) is 20.8. The Morgan fingerprint density at radius 3 is 2.56 bits per heavy atom. The van der Waals surface area contributed by atoms with Crippen molar-refractivity contribution in [1.29, 1.82) is 0 Å². The molecule has 0 aliphatic rings. The number of nitrogens with one attached hydrogen (secondary N) is 1. The molecule has 0 heterocycles. The van der Waals surface area contributed by atoms with E-state index in [9.17, 15) is 22.4 Å². The first-order chi connectivity index (χ1) is 11.5. The molecule has 0 saturated carbocycles. The third kappa shape index (κ3) is 8.42. The summed E-state index contributed by atoms with van der Waals surface area (Å²) in [5.74, 6) is -0.362. The van der Waals surface area contributed by atoms with Crippen LogP contribution in [-0.4, -0.2) is 30.8 Å². The molecular weight excluding hydrogens is 342 g/mol. The van der Waals surface area contributed by atoms with Crippen LogP contribution in [0.2, 0.25) is 0 Å². The highest BCUT2D eigenvalue weighted by molar-refractivity contribution is 5.67. The van der Waals surface area contributed by atoms with Crippen LogP contribution in [0.25, 0.3) is 6.08 Å². The van der Waals surface area contributed by atoms with Crippen molar-refractivity contribution in [2.75, 3.05) is 6.54 Å². The van der Waals surface area contributed by atoms with Gasteiger partial charge in [0.2, 0.25) is 0 Å². The largest absolute Gasteiger partial charge is 0.461 e. The molecule has 0 spiro atoms. The van der Waals surface area contributed by atoms with Gasteiger partial charge in [0, 0.05) is 6.54 Å². The fourth-order valence-corrected chi connectivity index (χ4v) is 1.67. The van der Waals surface area contributed by atoms with Crippen LogP contribution in [0.15, 0.2) is 30.3 Å². The van der Waals surface area contributed by atoms with Crippen molar-refractivity contribution in [2.24, 2.45) is 0 Å². The van der Waals surface area contributed by atoms with Gasteiger partial charge in [-0.2, -0.15) is 17.6 Å². The molecule has 1 N–H and O–H groups in total. The van der Waals surface area contributed by atoms with Crippen LogP contribution in [0, 0.1) is 0 Å². The van der Waals surface area contributed by atoms with E-state index in [0.717, 1.165) is 6.07 Å². The zero-order valence-corrected chi connectivity index (χ0v) is 14.2. The lowest BCUT2D eigenvalue weighted by Gasteiger charge is -2.19. The van der Waals surface area contributed by atoms with E-state index in [1.807, 2.05) is 0 Å². The number of ether oxygens (including phenoxy) is 2. The van der Waals surface area contributed by atoms with Crippen molar-refractivity contribution >= 4 is 12.2 Å². The SMILES string of the molecule is CC(C)(C)OC(=O)NCCC=Cc1cccc(OC(F)(F)C(F)F)c1. The van der Waals surface area contributed by atoms with E-state index >= 15 is 0 Å². The number of alkyl carbamates (subject to hydrolysis) is 1. The first-order valence-electron chi connectivity index (χ1n) is 7.58. The van der Waals surface area contributed by atoms with Gasteiger partial charge in [-0.15, -0.1) is 0 Å². The summed E-state index contributed by atoms with van der Waals surface area (Å²) in [4.78, 5) is 11.4. The fourth-order valence-electron chi connectivity index (χ4n) is 1.67. The summed E-state index contributed by atoms with van der Waals surface area (Å²) in [6.45, 7) is 5.57. The Bertz CT molecular complexity index is 598. The number of rotatable bonds is 7. The Hall–Kier alpha value is -2.25. The van der Waals surface area contributed by atoms with Crippen LogP contribution < -0.4 is 10.1 Å². The molecule has 0 unspecified atom stereocenters. The van der Waals surface area contributed by atoms with Crippen LogP contribution in [0.5, 0.6) is 5.75 Å². The zero-order chi connectivity index (χ0) is 19.1. The maximum Gasteiger partial charge on any atom is 0.461 e. The predicted molar refractivity (Wildman–Crippen MR) is 85.9 cm³/mol. The smallest absolute Gasteiger partial charge is 0.444 e. The quantitative estimate of drug-likeness (QED) is 0.556. The summed E-state index contributed by atoms with van der Waals surface area (Å²) in [5.41, 5.74) is -0.0828. The highest BCUT2D eigenvalue weighted by Gasteiger charge is 2.43. The van der Waals surface area contributed by atoms with Crippen molar-refractivity contribution in [2.45, 2.75) is 45.3 Å². The number of halogens is 4. The lowest BCUT2D eigenvalue weighted by molar-refractivity contribution is -0.253. The number of carbonyl (C=O) groups excluding carboxylic acids is 1. The number of alkyl halides is 4. The zero-order valence-electron chi connectivity index (χ0n) is 14.2. The summed E-state index contributed by atoms with van der Waals surface area (Å²) in [6, 6.07) is 5.40. The normalized spacial score (nSPS) is 12.5. The molecule has 1 rings (SSSR count). The van der Waals surface area contributed by atoms with Gasteiger partial charge in [-0.3, -0.25) is 0 Å². The molecule has 0 atom stereocenters. The summed E-state index contributed by atoms with van der Waals surface area (Å²) >= 11 is 0. The van der Waals surface area contributed by atoms with Gasteiger partial charge < -0.3 is 14.8 Å². The van der Waals surface area contributed by atoms with Crippen molar-refractivity contribution in [1.82, 2.24) is 5.32 Å². The number of hydrogen-bond acceptors (Lipinski definition) is 3. The van der Waals surface area contributed by atoms with Crippen LogP contribution >= 0.6 is 0 Å². The van der Waals surface area contributed by atoms with E-state index in [1.165, 1.54) is 12.1 Å². The van der Waals surface area contributed by atoms with Gasteiger partial charge >= 0.3 is 18.6 Å². The van der Waals surface area contributed by atoms with E-state index in [4.69, 9.17) is 4.74 Å². The molecule has 0 radical (unpaired) electrons. The highest BCUT2D eigenvalue weighted by atomic mass is 19.3. The summed E-state index contributed by atoms with van der Waals surface area (Å²) in [6.07, 6.45) is -5.22. The average Bonchev–Trinajstić information content (AvgIpc) is 2.44. The third-order valence-electron chi connectivity index (χ3n) is 2.66. The Balaban J connectivity index is 2.48. The Morgan fingerprint density at radius 2 is 1.96 bits per heavy atom. The average molecular weight is 363 g/mol. The second kappa shape index (κ2) is 8.73. The monoisotopic (exact) mass is 363 g/mol. The van der Waals surface area contributed by atoms with Crippen LogP contribution in [0.4, 0.5) is 22.4 Å². The topological polar surface area (TPSA) is 47.6 Å². The molecule has 25 heavy (non-hydrogen) atoms. The lowest BCUT2D eigenvalue weighted by atomic mass is 10.2. The van der Waals surface area contributed by atoms with Gasteiger partial charge in [0.15, 0.2) is 0 Å². The Labute approximate surface area is 143 Å². The maximum atomic E-state index is 12.9. The third-order valence-corrected chi connectivity index (χ3v) is 2.66. The van der Waals surface area contributed by atoms with Gasteiger partial charge in [-0.25, -0.2) is 4.79 Å². The molecule has 1 amide bonds. The second-order valence-corrected chi connectivity index (χ2v) is 6.16. The van der Waals surface area contributed by atoms with E-state index in [0.29, 0.717) is 18.5 Å². The molecule has 8 heteroatoms. The van der Waals surface area contributed by atoms with Crippen LogP contribution in [0.1, 0.15) is 32.8 Å². The standard InChI is InChI=1S/C17H21F4NO3/c1-16(2,3)25-15(23)22-10-5-4-7-12-8-6-9-13(11-12)24-17(20,21)14(18)19/h4,6-9,11,14H,5,10H2,1-3H3,(H,22,23). The van der Waals surface area contributed by atoms with Crippen molar-refractivity contribution in [3.8, 4) is 5.75 Å². The molecule has 0 bridgehead atoms. The van der Waals surface area contributed by atoms with Gasteiger partial charge in [0.05, 0.1) is 0 Å². The van der Waals surface area contributed by atoms with Crippen LogP contribution in [0.3, 0.4) is 0 Å². The van der Waals surface area contributed by atoms with Gasteiger partial charge in [0.1, 0.15) is 11.4 Å². The predicted octanol–water partition coefficient (Wildman–Crippen LogP) is 4.85. The molecule has 0 saturated heterocycles. The van der Waals surface area contributed by atoms with E-state index < -0.39 is 24.2 Å². The maximum absolute atomic E-state index is 12.9. The minimum Gasteiger partial charge on any atom is -0.444 e. The Morgan fingerprint density at radius 1 is 1.28 bits per heavy atom. The number of carbonyl (C=O) groups is 1. The first-order valence-corrected chi connectivity index (χ1v) is 7.58. The van der Waals surface area contributed by atoms with Gasteiger partial charge in [0.25, 0.3) is 0 Å². The molecule has 140 valence electrons. The number of amides is 1. The second-order valence-electron chi connectivity index (χ2n) is 6.16. The van der Waals surface area contributed by atoms with Crippen molar-refractivity contribution in [3.05, 3.63) is 35.9 Å². The molecule has 0 aliphatic heterocycles. The van der Waals surface area contributed by atoms with Gasteiger partial charge in [-0.05, 0) is 44.9 Å². The lowest BCUT2D eigenvalue weighted by Crippen LogP contribution is -2.33. The summed E-state index contributed by atoms with van der Waals surface area (Å²) in [7, 11) is 0. The minimum atomic E-state index is -4.54. The molecule has 1 aromatic rings. The highest BCUT2D eigenvalue weighted by Crippen LogP contribution is 2.28.